The predicted molar refractivity (Wildman–Crippen MR) is 65.7 cm³/mol. The number of hydrogen-bond acceptors (Lipinski definition) is 1. The van der Waals surface area contributed by atoms with Crippen molar-refractivity contribution >= 4 is 23.3 Å². The third-order valence-corrected chi connectivity index (χ3v) is 3.00. The zero-order valence-corrected chi connectivity index (χ0v) is 9.58. The van der Waals surface area contributed by atoms with Crippen molar-refractivity contribution in [1.82, 2.24) is 10.3 Å². The van der Waals surface area contributed by atoms with E-state index in [0.29, 0.717) is 0 Å². The summed E-state index contributed by atoms with van der Waals surface area (Å²) in [5.41, 5.74) is 5.51. The van der Waals surface area contributed by atoms with Gasteiger partial charge in [-0.25, -0.2) is 0 Å². The fraction of sp³-hybridized carbons (Fsp3) is 0.333. The van der Waals surface area contributed by atoms with Crippen LogP contribution in [-0.4, -0.2) is 11.5 Å². The number of benzene rings is 1. The fourth-order valence-corrected chi connectivity index (χ4v) is 2.26. The molecule has 1 aliphatic heterocycles. The fourth-order valence-electron chi connectivity index (χ4n) is 2.26. The van der Waals surface area contributed by atoms with Crippen LogP contribution in [0.1, 0.15) is 16.8 Å². The Balaban J connectivity index is 0.000000853. The van der Waals surface area contributed by atoms with Gasteiger partial charge in [-0.1, -0.05) is 11.6 Å². The second kappa shape index (κ2) is 3.87. The molecule has 0 bridgehead atoms. The number of rotatable bonds is 0. The molecule has 3 rings (SSSR count). The molecular weight excluding hydrogens is 208 g/mol. The van der Waals surface area contributed by atoms with Crippen LogP contribution in [0.3, 0.4) is 0 Å². The minimum absolute atomic E-state index is 0. The number of aromatic amines is 1. The number of H-pyrrole nitrogens is 1. The highest BCUT2D eigenvalue weighted by molar-refractivity contribution is 5.85. The molecule has 2 heterocycles. The van der Waals surface area contributed by atoms with E-state index in [-0.39, 0.29) is 12.4 Å². The first-order valence-corrected chi connectivity index (χ1v) is 5.15. The summed E-state index contributed by atoms with van der Waals surface area (Å²) < 4.78 is 0. The van der Waals surface area contributed by atoms with E-state index in [2.05, 4.69) is 35.4 Å². The van der Waals surface area contributed by atoms with E-state index in [1.54, 1.807) is 0 Å². The maximum Gasteiger partial charge on any atom is 0.0459 e. The van der Waals surface area contributed by atoms with E-state index >= 15 is 0 Å². The van der Waals surface area contributed by atoms with Gasteiger partial charge in [0.25, 0.3) is 0 Å². The van der Waals surface area contributed by atoms with Gasteiger partial charge in [-0.05, 0) is 24.6 Å². The van der Waals surface area contributed by atoms with Crippen molar-refractivity contribution in [2.75, 3.05) is 6.54 Å². The Morgan fingerprint density at radius 3 is 3.00 bits per heavy atom. The lowest BCUT2D eigenvalue weighted by atomic mass is 10.0. The quantitative estimate of drug-likeness (QED) is 0.705. The highest BCUT2D eigenvalue weighted by Crippen LogP contribution is 2.25. The van der Waals surface area contributed by atoms with Gasteiger partial charge in [0.1, 0.15) is 0 Å². The zero-order chi connectivity index (χ0) is 9.54. The van der Waals surface area contributed by atoms with Crippen molar-refractivity contribution in [2.45, 2.75) is 19.9 Å². The average Bonchev–Trinajstić information content (AvgIpc) is 2.56. The monoisotopic (exact) mass is 222 g/mol. The Kier molecular flexibility index (Phi) is 2.72. The number of hydrogen-bond donors (Lipinski definition) is 2. The number of fused-ring (bicyclic) bond motifs is 3. The smallest absolute Gasteiger partial charge is 0.0459 e. The summed E-state index contributed by atoms with van der Waals surface area (Å²) in [5, 5.41) is 4.81. The molecular formula is C12H15ClN2. The first-order valence-electron chi connectivity index (χ1n) is 5.15. The van der Waals surface area contributed by atoms with Crippen molar-refractivity contribution in [3.8, 4) is 0 Å². The van der Waals surface area contributed by atoms with Crippen LogP contribution in [0.15, 0.2) is 18.2 Å². The van der Waals surface area contributed by atoms with Crippen molar-refractivity contribution < 1.29 is 0 Å². The topological polar surface area (TPSA) is 27.8 Å². The van der Waals surface area contributed by atoms with E-state index in [9.17, 15) is 0 Å². The number of aromatic nitrogens is 1. The molecule has 0 radical (unpaired) electrons. The van der Waals surface area contributed by atoms with Crippen LogP contribution in [0.5, 0.6) is 0 Å². The minimum Gasteiger partial charge on any atom is -0.358 e. The van der Waals surface area contributed by atoms with Crippen LogP contribution in [0.2, 0.25) is 0 Å². The molecule has 2 aromatic rings. The van der Waals surface area contributed by atoms with Crippen LogP contribution in [0.4, 0.5) is 0 Å². The maximum absolute atomic E-state index is 3.50. The van der Waals surface area contributed by atoms with E-state index in [4.69, 9.17) is 0 Å². The minimum atomic E-state index is 0. The van der Waals surface area contributed by atoms with Gasteiger partial charge in [-0.3, -0.25) is 0 Å². The summed E-state index contributed by atoms with van der Waals surface area (Å²) in [4.78, 5) is 3.50. The van der Waals surface area contributed by atoms with E-state index in [1.165, 1.54) is 27.7 Å². The summed E-state index contributed by atoms with van der Waals surface area (Å²) in [6, 6.07) is 6.62. The van der Waals surface area contributed by atoms with Crippen LogP contribution in [-0.2, 0) is 13.0 Å². The molecule has 0 spiro atoms. The molecule has 0 unspecified atom stereocenters. The highest BCUT2D eigenvalue weighted by atomic mass is 35.5. The van der Waals surface area contributed by atoms with Gasteiger partial charge in [0.15, 0.2) is 0 Å². The third kappa shape index (κ3) is 1.64. The predicted octanol–water partition coefficient (Wildman–Crippen LogP) is 2.54. The normalized spacial score (nSPS) is 14.7. The maximum atomic E-state index is 3.50. The molecule has 0 saturated carbocycles. The van der Waals surface area contributed by atoms with Crippen molar-refractivity contribution in [1.29, 1.82) is 0 Å². The Labute approximate surface area is 95.5 Å². The number of halogens is 1. The summed E-state index contributed by atoms with van der Waals surface area (Å²) in [5.74, 6) is 0. The molecule has 2 N–H and O–H groups in total. The largest absolute Gasteiger partial charge is 0.358 e. The molecule has 80 valence electrons. The van der Waals surface area contributed by atoms with Gasteiger partial charge in [0, 0.05) is 36.1 Å². The van der Waals surface area contributed by atoms with Gasteiger partial charge in [0.2, 0.25) is 0 Å². The van der Waals surface area contributed by atoms with Crippen LogP contribution < -0.4 is 5.32 Å². The zero-order valence-electron chi connectivity index (χ0n) is 8.76. The van der Waals surface area contributed by atoms with Crippen molar-refractivity contribution in [2.24, 2.45) is 0 Å². The third-order valence-electron chi connectivity index (χ3n) is 3.00. The van der Waals surface area contributed by atoms with E-state index < -0.39 is 0 Å². The number of nitrogens with one attached hydrogen (secondary N) is 2. The summed E-state index contributed by atoms with van der Waals surface area (Å²) >= 11 is 0. The second-order valence-corrected chi connectivity index (χ2v) is 4.06. The lowest BCUT2D eigenvalue weighted by Gasteiger charge is -2.12. The first kappa shape index (κ1) is 10.5. The molecule has 3 heteroatoms. The lowest BCUT2D eigenvalue weighted by Crippen LogP contribution is -2.22. The number of aryl methyl sites for hydroxylation is 1. The van der Waals surface area contributed by atoms with Gasteiger partial charge in [-0.2, -0.15) is 0 Å². The van der Waals surface area contributed by atoms with E-state index in [1.807, 2.05) is 0 Å². The molecule has 0 aliphatic carbocycles. The standard InChI is InChI=1S/C12H14N2.ClH/c1-8-2-3-11-9(6-8)10-7-13-5-4-12(10)14-11;/h2-3,6,13-14H,4-5,7H2,1H3;1H. The molecule has 0 atom stereocenters. The summed E-state index contributed by atoms with van der Waals surface area (Å²) in [7, 11) is 0. The second-order valence-electron chi connectivity index (χ2n) is 4.06. The van der Waals surface area contributed by atoms with Gasteiger partial charge in [-0.15, -0.1) is 12.4 Å². The molecule has 2 nitrogen and oxygen atoms in total. The molecule has 0 fully saturated rings. The van der Waals surface area contributed by atoms with Crippen LogP contribution >= 0.6 is 12.4 Å². The molecule has 1 aliphatic rings. The SMILES string of the molecule is Cc1ccc2[nH]c3c(c2c1)CNCC3.Cl. The van der Waals surface area contributed by atoms with Gasteiger partial charge in [0.05, 0.1) is 0 Å². The highest BCUT2D eigenvalue weighted by Gasteiger charge is 2.14. The molecule has 0 amide bonds. The van der Waals surface area contributed by atoms with Gasteiger partial charge < -0.3 is 10.3 Å². The van der Waals surface area contributed by atoms with Crippen molar-refractivity contribution in [3.05, 3.63) is 35.0 Å². The Morgan fingerprint density at radius 2 is 2.13 bits per heavy atom. The Hall–Kier alpha value is -0.990. The molecule has 0 saturated heterocycles. The Bertz CT molecular complexity index is 488. The summed E-state index contributed by atoms with van der Waals surface area (Å²) in [6.07, 6.45) is 1.13. The average molecular weight is 223 g/mol. The first-order chi connectivity index (χ1) is 6.84. The van der Waals surface area contributed by atoms with E-state index in [0.717, 1.165) is 19.5 Å². The Morgan fingerprint density at radius 1 is 1.27 bits per heavy atom. The van der Waals surface area contributed by atoms with Crippen LogP contribution in [0.25, 0.3) is 10.9 Å². The molecule has 1 aromatic carbocycles. The molecule has 15 heavy (non-hydrogen) atoms. The lowest BCUT2D eigenvalue weighted by molar-refractivity contribution is 0.641. The van der Waals surface area contributed by atoms with Gasteiger partial charge >= 0.3 is 0 Å². The molecule has 1 aromatic heterocycles. The summed E-state index contributed by atoms with van der Waals surface area (Å²) in [6.45, 7) is 4.26. The van der Waals surface area contributed by atoms with Crippen molar-refractivity contribution in [3.63, 3.8) is 0 Å². The van der Waals surface area contributed by atoms with Crippen LogP contribution in [0, 0.1) is 6.92 Å².